The third kappa shape index (κ3) is 10.1. The summed E-state index contributed by atoms with van der Waals surface area (Å²) >= 11 is 0. The van der Waals surface area contributed by atoms with Gasteiger partial charge in [-0.25, -0.2) is 0 Å². The second kappa shape index (κ2) is 5.82. The zero-order chi connectivity index (χ0) is 10.5. The lowest BCUT2D eigenvalue weighted by Gasteiger charge is -2.14. The highest BCUT2D eigenvalue weighted by Crippen LogP contribution is 2.22. The molecule has 0 aliphatic carbocycles. The van der Waals surface area contributed by atoms with Crippen LogP contribution in [0, 0.1) is 0 Å². The fourth-order valence-electron chi connectivity index (χ4n) is 0.807. The van der Waals surface area contributed by atoms with Crippen LogP contribution in [0.5, 0.6) is 0 Å². The van der Waals surface area contributed by atoms with Gasteiger partial charge >= 0.3 is 6.18 Å². The van der Waals surface area contributed by atoms with Gasteiger partial charge < -0.3 is 4.12 Å². The lowest BCUT2D eigenvalue weighted by Crippen LogP contribution is -2.20. The van der Waals surface area contributed by atoms with Gasteiger partial charge in [0, 0.05) is 6.42 Å². The summed E-state index contributed by atoms with van der Waals surface area (Å²) in [6.45, 7) is 5.95. The van der Waals surface area contributed by atoms with Crippen molar-refractivity contribution in [2.75, 3.05) is 0 Å². The summed E-state index contributed by atoms with van der Waals surface area (Å²) in [6, 6.07) is 0.225. The monoisotopic (exact) mass is 230 g/mol. The van der Waals surface area contributed by atoms with Gasteiger partial charge in [0.15, 0.2) is 9.04 Å². The zero-order valence-electron chi connectivity index (χ0n) is 8.32. The highest BCUT2D eigenvalue weighted by molar-refractivity contribution is 6.57. The maximum absolute atomic E-state index is 11.8. The van der Waals surface area contributed by atoms with Crippen LogP contribution in [0.25, 0.3) is 0 Å². The molecule has 1 unspecified atom stereocenters. The van der Waals surface area contributed by atoms with Crippen molar-refractivity contribution >= 4 is 18.8 Å². The van der Waals surface area contributed by atoms with Gasteiger partial charge in [-0.3, -0.25) is 0 Å². The van der Waals surface area contributed by atoms with Crippen LogP contribution in [0.4, 0.5) is 13.2 Å². The summed E-state index contributed by atoms with van der Waals surface area (Å²) in [5, 5.41) is 0. The molecule has 0 aromatic carbocycles. The van der Waals surface area contributed by atoms with Crippen LogP contribution in [-0.2, 0) is 4.12 Å². The number of halogens is 3. The SMILES string of the molecule is CC(C)[SiH2]O[SiH](C)CCC(F)(F)F. The van der Waals surface area contributed by atoms with E-state index < -0.39 is 31.4 Å². The average molecular weight is 230 g/mol. The third-order valence-electron chi connectivity index (χ3n) is 1.55. The van der Waals surface area contributed by atoms with Crippen molar-refractivity contribution in [2.45, 2.75) is 44.6 Å². The van der Waals surface area contributed by atoms with Crippen LogP contribution in [0.1, 0.15) is 20.3 Å². The minimum Gasteiger partial charge on any atom is -0.462 e. The molecular formula is C7H17F3OSi2. The zero-order valence-corrected chi connectivity index (χ0v) is 10.9. The Morgan fingerprint density at radius 1 is 1.38 bits per heavy atom. The van der Waals surface area contributed by atoms with Crippen LogP contribution in [0.3, 0.4) is 0 Å². The van der Waals surface area contributed by atoms with Crippen LogP contribution < -0.4 is 0 Å². The van der Waals surface area contributed by atoms with E-state index >= 15 is 0 Å². The van der Waals surface area contributed by atoms with Crippen molar-refractivity contribution in [3.63, 3.8) is 0 Å². The van der Waals surface area contributed by atoms with E-state index in [9.17, 15) is 13.2 Å². The smallest absolute Gasteiger partial charge is 0.388 e. The summed E-state index contributed by atoms with van der Waals surface area (Å²) in [6.07, 6.45) is -4.68. The predicted octanol–water partition coefficient (Wildman–Crippen LogP) is 2.22. The summed E-state index contributed by atoms with van der Waals surface area (Å²) in [5.41, 5.74) is 0.542. The molecule has 0 fully saturated rings. The van der Waals surface area contributed by atoms with Crippen molar-refractivity contribution in [1.29, 1.82) is 0 Å². The summed E-state index contributed by atoms with van der Waals surface area (Å²) in [5.74, 6) is 0. The van der Waals surface area contributed by atoms with E-state index in [4.69, 9.17) is 4.12 Å². The van der Waals surface area contributed by atoms with Gasteiger partial charge in [-0.1, -0.05) is 13.8 Å². The number of hydrogen-bond acceptors (Lipinski definition) is 1. The summed E-state index contributed by atoms with van der Waals surface area (Å²) in [4.78, 5) is 0. The Morgan fingerprint density at radius 2 is 1.92 bits per heavy atom. The van der Waals surface area contributed by atoms with E-state index in [1.165, 1.54) is 0 Å². The molecule has 0 aliphatic rings. The maximum atomic E-state index is 11.8. The first-order valence-electron chi connectivity index (χ1n) is 4.49. The van der Waals surface area contributed by atoms with Crippen LogP contribution in [-0.4, -0.2) is 25.0 Å². The van der Waals surface area contributed by atoms with E-state index in [-0.39, 0.29) is 6.04 Å². The second-order valence-corrected chi connectivity index (χ2v) is 9.19. The highest BCUT2D eigenvalue weighted by atomic mass is 28.3. The Kier molecular flexibility index (Phi) is 5.90. The molecule has 0 aliphatic heterocycles. The molecule has 0 N–H and O–H groups in total. The lowest BCUT2D eigenvalue weighted by atomic mass is 10.5. The van der Waals surface area contributed by atoms with Crippen LogP contribution in [0.15, 0.2) is 0 Å². The van der Waals surface area contributed by atoms with Gasteiger partial charge in [-0.2, -0.15) is 13.2 Å². The molecule has 1 nitrogen and oxygen atoms in total. The largest absolute Gasteiger partial charge is 0.462 e. The van der Waals surface area contributed by atoms with Gasteiger partial charge in [0.1, 0.15) is 9.76 Å². The summed E-state index contributed by atoms with van der Waals surface area (Å²) in [7, 11) is -2.09. The van der Waals surface area contributed by atoms with Gasteiger partial charge in [0.25, 0.3) is 0 Å². The van der Waals surface area contributed by atoms with Gasteiger partial charge in [0.2, 0.25) is 0 Å². The fourth-order valence-corrected chi connectivity index (χ4v) is 5.06. The van der Waals surface area contributed by atoms with E-state index in [0.717, 1.165) is 0 Å². The van der Waals surface area contributed by atoms with E-state index in [2.05, 4.69) is 13.8 Å². The number of rotatable bonds is 5. The molecule has 13 heavy (non-hydrogen) atoms. The Hall–Kier alpha value is 0.184. The second-order valence-electron chi connectivity index (χ2n) is 3.69. The summed E-state index contributed by atoms with van der Waals surface area (Å²) < 4.78 is 40.9. The molecule has 0 bridgehead atoms. The van der Waals surface area contributed by atoms with Crippen molar-refractivity contribution in [3.8, 4) is 0 Å². The molecule has 0 rings (SSSR count). The van der Waals surface area contributed by atoms with Gasteiger partial charge in [-0.05, 0) is 18.1 Å². The number of hydrogen-bond donors (Lipinski definition) is 0. The molecule has 0 radical (unpaired) electrons. The molecule has 0 heterocycles. The Bertz CT molecular complexity index is 138. The molecule has 80 valence electrons. The molecule has 0 aromatic heterocycles. The van der Waals surface area contributed by atoms with Crippen LogP contribution in [0.2, 0.25) is 18.1 Å². The lowest BCUT2D eigenvalue weighted by molar-refractivity contribution is -0.130. The van der Waals surface area contributed by atoms with Crippen LogP contribution >= 0.6 is 0 Å². The first kappa shape index (κ1) is 13.2. The highest BCUT2D eigenvalue weighted by Gasteiger charge is 2.27. The normalized spacial score (nSPS) is 15.9. The van der Waals surface area contributed by atoms with Gasteiger partial charge in [-0.15, -0.1) is 0 Å². The Balaban J connectivity index is 3.46. The van der Waals surface area contributed by atoms with Gasteiger partial charge in [0.05, 0.1) is 0 Å². The van der Waals surface area contributed by atoms with Crippen molar-refractivity contribution in [3.05, 3.63) is 0 Å². The van der Waals surface area contributed by atoms with Crippen molar-refractivity contribution in [2.24, 2.45) is 0 Å². The molecule has 0 spiro atoms. The molecule has 0 saturated carbocycles. The van der Waals surface area contributed by atoms with E-state index in [0.29, 0.717) is 5.54 Å². The minimum atomic E-state index is -4.01. The van der Waals surface area contributed by atoms with Crippen molar-refractivity contribution < 1.29 is 17.3 Å². The minimum absolute atomic E-state index is 0.225. The quantitative estimate of drug-likeness (QED) is 0.658. The molecular weight excluding hydrogens is 213 g/mol. The molecule has 1 atom stereocenters. The standard InChI is InChI=1S/C7H17F3OSi2/c1-6(2)12-11-13(3)5-4-7(8,9)10/h6,13H,4-5,12H2,1-3H3. The molecule has 0 saturated heterocycles. The Labute approximate surface area is 81.3 Å². The fraction of sp³-hybridized carbons (Fsp3) is 1.00. The maximum Gasteiger partial charge on any atom is 0.388 e. The van der Waals surface area contributed by atoms with E-state index in [1.54, 1.807) is 0 Å². The predicted molar refractivity (Wildman–Crippen MR) is 53.2 cm³/mol. The molecule has 6 heteroatoms. The van der Waals surface area contributed by atoms with Crippen molar-refractivity contribution in [1.82, 2.24) is 0 Å². The Morgan fingerprint density at radius 3 is 2.31 bits per heavy atom. The molecule has 0 aromatic rings. The topological polar surface area (TPSA) is 9.23 Å². The molecule has 0 amide bonds. The first-order chi connectivity index (χ1) is 5.81. The number of alkyl halides is 3. The third-order valence-corrected chi connectivity index (χ3v) is 6.36. The first-order valence-corrected chi connectivity index (χ1v) is 8.33. The average Bonchev–Trinajstić information content (AvgIpc) is 1.95. The van der Waals surface area contributed by atoms with E-state index in [1.807, 2.05) is 6.55 Å².